The molecule has 162 valence electrons. The molecule has 2 amide bonds. The number of urea groups is 1. The summed E-state index contributed by atoms with van der Waals surface area (Å²) in [5.74, 6) is 2.55. The van der Waals surface area contributed by atoms with Gasteiger partial charge in [0.1, 0.15) is 11.9 Å². The molecule has 2 aliphatic heterocycles. The molecule has 0 spiro atoms. The lowest BCUT2D eigenvalue weighted by atomic mass is 9.52. The van der Waals surface area contributed by atoms with Gasteiger partial charge in [-0.05, 0) is 87.3 Å². The third-order valence-corrected chi connectivity index (χ3v) is 8.75. The van der Waals surface area contributed by atoms with E-state index in [0.29, 0.717) is 29.8 Å². The molecule has 2 saturated heterocycles. The molecule has 1 aromatic rings. The molecule has 1 aromatic carbocycles. The Kier molecular flexibility index (Phi) is 4.35. The molecule has 4 aliphatic carbocycles. The molecular weight excluding hydrogens is 376 g/mol. The average Bonchev–Trinajstić information content (AvgIpc) is 2.94. The van der Waals surface area contributed by atoms with E-state index in [0.717, 1.165) is 50.7 Å². The number of hydrogen-bond donors (Lipinski definition) is 2. The Morgan fingerprint density at radius 2 is 1.80 bits per heavy atom. The average molecular weight is 411 g/mol. The number of ether oxygens (including phenoxy) is 1. The summed E-state index contributed by atoms with van der Waals surface area (Å²) in [6, 6.07) is 9.25. The highest BCUT2D eigenvalue weighted by Crippen LogP contribution is 2.55. The number of benzene rings is 1. The molecule has 6 bridgehead atoms. The van der Waals surface area contributed by atoms with Crippen molar-refractivity contribution in [2.24, 2.45) is 17.8 Å². The molecular formula is C25H34N2O3. The van der Waals surface area contributed by atoms with E-state index < -0.39 is 5.60 Å². The molecule has 7 rings (SSSR count). The number of fused-ring (bicyclic) bond motifs is 2. The van der Waals surface area contributed by atoms with E-state index in [1.165, 1.54) is 18.4 Å². The third kappa shape index (κ3) is 3.21. The maximum atomic E-state index is 13.4. The summed E-state index contributed by atoms with van der Waals surface area (Å²) in [6.07, 6.45) is 9.34. The second-order valence-corrected chi connectivity index (χ2v) is 11.0. The second-order valence-electron chi connectivity index (χ2n) is 11.0. The molecule has 4 saturated carbocycles. The summed E-state index contributed by atoms with van der Waals surface area (Å²) in [5.41, 5.74) is 0.773. The van der Waals surface area contributed by atoms with Crippen molar-refractivity contribution in [2.45, 2.75) is 94.5 Å². The van der Waals surface area contributed by atoms with Crippen molar-refractivity contribution in [3.63, 3.8) is 0 Å². The van der Waals surface area contributed by atoms with E-state index in [1.807, 2.05) is 12.1 Å². The van der Waals surface area contributed by atoms with Gasteiger partial charge in [0, 0.05) is 31.0 Å². The van der Waals surface area contributed by atoms with Crippen molar-refractivity contribution >= 4 is 6.03 Å². The predicted octanol–water partition coefficient (Wildman–Crippen LogP) is 4.02. The standard InChI is InChI=1S/C25H34N2O3/c1-15-3-2-4-21(7-15)30-22-10-19-5-6-20(11-22)27(19)24(28)26-23-17-8-16-9-18(23)14-25(29,12-16)13-17/h2-4,7,16-20,22-23,29H,5-6,8-14H2,1H3,(H,26,28). The van der Waals surface area contributed by atoms with Gasteiger partial charge in [0.15, 0.2) is 0 Å². The van der Waals surface area contributed by atoms with Crippen LogP contribution in [-0.4, -0.2) is 45.9 Å². The minimum absolute atomic E-state index is 0.140. The van der Waals surface area contributed by atoms with Crippen molar-refractivity contribution in [3.8, 4) is 5.75 Å². The molecule has 5 nitrogen and oxygen atoms in total. The summed E-state index contributed by atoms with van der Waals surface area (Å²) in [5, 5.41) is 14.3. The van der Waals surface area contributed by atoms with Gasteiger partial charge in [0.2, 0.25) is 0 Å². The summed E-state index contributed by atoms with van der Waals surface area (Å²) in [7, 11) is 0. The minimum atomic E-state index is -0.442. The van der Waals surface area contributed by atoms with Crippen molar-refractivity contribution in [1.82, 2.24) is 10.2 Å². The molecule has 6 fully saturated rings. The number of nitrogens with one attached hydrogen (secondary N) is 1. The predicted molar refractivity (Wildman–Crippen MR) is 114 cm³/mol. The molecule has 0 aromatic heterocycles. The summed E-state index contributed by atoms with van der Waals surface area (Å²) < 4.78 is 6.30. The first kappa shape index (κ1) is 19.0. The van der Waals surface area contributed by atoms with Crippen molar-refractivity contribution in [1.29, 1.82) is 0 Å². The Bertz CT molecular complexity index is 811. The van der Waals surface area contributed by atoms with Crippen molar-refractivity contribution < 1.29 is 14.6 Å². The summed E-state index contributed by atoms with van der Waals surface area (Å²) >= 11 is 0. The zero-order valence-corrected chi connectivity index (χ0v) is 17.9. The lowest BCUT2D eigenvalue weighted by Crippen LogP contribution is -2.64. The third-order valence-electron chi connectivity index (χ3n) is 8.75. The maximum absolute atomic E-state index is 13.4. The highest BCUT2D eigenvalue weighted by Gasteiger charge is 2.55. The molecule has 2 N–H and O–H groups in total. The van der Waals surface area contributed by atoms with Crippen molar-refractivity contribution in [2.75, 3.05) is 0 Å². The maximum Gasteiger partial charge on any atom is 0.318 e. The topological polar surface area (TPSA) is 61.8 Å². The molecule has 5 heteroatoms. The van der Waals surface area contributed by atoms with Crippen LogP contribution in [0.4, 0.5) is 4.79 Å². The molecule has 4 unspecified atom stereocenters. The molecule has 6 aliphatic rings. The van der Waals surface area contributed by atoms with E-state index in [2.05, 4.69) is 29.3 Å². The Balaban J connectivity index is 1.11. The van der Waals surface area contributed by atoms with Gasteiger partial charge in [0.05, 0.1) is 5.60 Å². The molecule has 30 heavy (non-hydrogen) atoms. The largest absolute Gasteiger partial charge is 0.490 e. The van der Waals surface area contributed by atoms with E-state index in [-0.39, 0.29) is 18.2 Å². The zero-order valence-electron chi connectivity index (χ0n) is 17.9. The number of hydrogen-bond acceptors (Lipinski definition) is 3. The van der Waals surface area contributed by atoms with Gasteiger partial charge in [-0.1, -0.05) is 12.1 Å². The molecule has 2 heterocycles. The Labute approximate surface area is 179 Å². The number of carbonyl (C=O) groups excluding carboxylic acids is 1. The molecule has 0 radical (unpaired) electrons. The first-order valence-electron chi connectivity index (χ1n) is 12.0. The molecule has 4 atom stereocenters. The number of rotatable bonds is 3. The number of aliphatic hydroxyl groups is 1. The van der Waals surface area contributed by atoms with Crippen LogP contribution in [-0.2, 0) is 0 Å². The fraction of sp³-hybridized carbons (Fsp3) is 0.720. The van der Waals surface area contributed by atoms with Crippen LogP contribution in [0.5, 0.6) is 5.75 Å². The highest BCUT2D eigenvalue weighted by atomic mass is 16.5. The summed E-state index contributed by atoms with van der Waals surface area (Å²) in [6.45, 7) is 2.09. The lowest BCUT2D eigenvalue weighted by molar-refractivity contribution is -0.137. The van der Waals surface area contributed by atoms with E-state index in [4.69, 9.17) is 4.74 Å². The van der Waals surface area contributed by atoms with Crippen LogP contribution in [0.25, 0.3) is 0 Å². The van der Waals surface area contributed by atoms with Gasteiger partial charge >= 0.3 is 6.03 Å². The van der Waals surface area contributed by atoms with Crippen LogP contribution in [0.15, 0.2) is 24.3 Å². The quantitative estimate of drug-likeness (QED) is 0.791. The van der Waals surface area contributed by atoms with Gasteiger partial charge < -0.3 is 20.1 Å². The first-order valence-corrected chi connectivity index (χ1v) is 12.0. The smallest absolute Gasteiger partial charge is 0.318 e. The Morgan fingerprint density at radius 3 is 2.43 bits per heavy atom. The monoisotopic (exact) mass is 410 g/mol. The second kappa shape index (κ2) is 6.88. The van der Waals surface area contributed by atoms with E-state index >= 15 is 0 Å². The van der Waals surface area contributed by atoms with Crippen LogP contribution in [0.2, 0.25) is 0 Å². The van der Waals surface area contributed by atoms with Crippen LogP contribution >= 0.6 is 0 Å². The van der Waals surface area contributed by atoms with Gasteiger partial charge in [0.25, 0.3) is 0 Å². The van der Waals surface area contributed by atoms with Crippen LogP contribution in [0.1, 0.15) is 63.4 Å². The Morgan fingerprint density at radius 1 is 1.10 bits per heavy atom. The van der Waals surface area contributed by atoms with Gasteiger partial charge in [-0.25, -0.2) is 4.79 Å². The minimum Gasteiger partial charge on any atom is -0.490 e. The first-order chi connectivity index (χ1) is 14.5. The number of amides is 2. The van der Waals surface area contributed by atoms with Crippen LogP contribution in [0.3, 0.4) is 0 Å². The van der Waals surface area contributed by atoms with E-state index in [1.54, 1.807) is 0 Å². The summed E-state index contributed by atoms with van der Waals surface area (Å²) in [4.78, 5) is 15.5. The van der Waals surface area contributed by atoms with Gasteiger partial charge in [-0.15, -0.1) is 0 Å². The van der Waals surface area contributed by atoms with Gasteiger partial charge in [-0.2, -0.15) is 0 Å². The number of nitrogens with zero attached hydrogens (tertiary/aromatic N) is 1. The normalized spacial score (nSPS) is 43.7. The number of piperidine rings is 1. The zero-order chi connectivity index (χ0) is 20.5. The fourth-order valence-corrected chi connectivity index (χ4v) is 7.87. The van der Waals surface area contributed by atoms with Crippen LogP contribution in [0, 0.1) is 24.7 Å². The fourth-order valence-electron chi connectivity index (χ4n) is 7.87. The van der Waals surface area contributed by atoms with Crippen LogP contribution < -0.4 is 10.1 Å². The number of aryl methyl sites for hydroxylation is 1. The number of carbonyl (C=O) groups is 1. The van der Waals surface area contributed by atoms with Gasteiger partial charge in [-0.3, -0.25) is 0 Å². The Hall–Kier alpha value is -1.75. The lowest BCUT2D eigenvalue weighted by Gasteiger charge is -2.58. The highest BCUT2D eigenvalue weighted by molar-refractivity contribution is 5.76. The van der Waals surface area contributed by atoms with Crippen molar-refractivity contribution in [3.05, 3.63) is 29.8 Å². The van der Waals surface area contributed by atoms with E-state index in [9.17, 15) is 9.90 Å². The SMILES string of the molecule is Cc1cccc(OC2CC3CCC(C2)N3C(=O)NC2C3CC4CC2CC(O)(C4)C3)c1.